The average molecular weight is 292 g/mol. The number of thiazole rings is 1. The van der Waals surface area contributed by atoms with Crippen LogP contribution in [-0.2, 0) is 17.8 Å². The van der Waals surface area contributed by atoms with E-state index in [1.807, 2.05) is 31.2 Å². The standard InChI is InChI=1S/C14H16N2O3S/c1-9-12(7-13(17)18)16-14(20-9)15-8-10-3-5-11(19-2)6-4-10/h3-6H,7-8H2,1-2H3,(H,15,16)(H,17,18). The molecule has 0 atom stereocenters. The van der Waals surface area contributed by atoms with Crippen molar-refractivity contribution < 1.29 is 14.6 Å². The van der Waals surface area contributed by atoms with Gasteiger partial charge in [-0.05, 0) is 24.6 Å². The fraction of sp³-hybridized carbons (Fsp3) is 0.286. The third kappa shape index (κ3) is 3.71. The number of anilines is 1. The maximum Gasteiger partial charge on any atom is 0.309 e. The first kappa shape index (κ1) is 14.3. The summed E-state index contributed by atoms with van der Waals surface area (Å²) in [6, 6.07) is 7.76. The van der Waals surface area contributed by atoms with E-state index in [0.717, 1.165) is 21.3 Å². The molecule has 1 aromatic carbocycles. The Hall–Kier alpha value is -2.08. The van der Waals surface area contributed by atoms with Crippen molar-refractivity contribution in [2.45, 2.75) is 19.9 Å². The zero-order valence-electron chi connectivity index (χ0n) is 11.3. The van der Waals surface area contributed by atoms with E-state index in [-0.39, 0.29) is 6.42 Å². The molecule has 0 radical (unpaired) electrons. The summed E-state index contributed by atoms with van der Waals surface area (Å²) in [5, 5.41) is 12.7. The molecule has 1 aromatic heterocycles. The molecule has 1 heterocycles. The van der Waals surface area contributed by atoms with Crippen LogP contribution in [0.15, 0.2) is 24.3 Å². The molecule has 0 unspecified atom stereocenters. The van der Waals surface area contributed by atoms with Gasteiger partial charge in [0.25, 0.3) is 0 Å². The van der Waals surface area contributed by atoms with Gasteiger partial charge in [0.15, 0.2) is 5.13 Å². The van der Waals surface area contributed by atoms with Gasteiger partial charge < -0.3 is 15.2 Å². The van der Waals surface area contributed by atoms with Crippen molar-refractivity contribution in [3.8, 4) is 5.75 Å². The SMILES string of the molecule is COc1ccc(CNc2nc(CC(=O)O)c(C)s2)cc1. The molecule has 2 rings (SSSR count). The number of carboxylic acids is 1. The van der Waals surface area contributed by atoms with Crippen LogP contribution in [0.4, 0.5) is 5.13 Å². The molecule has 106 valence electrons. The van der Waals surface area contributed by atoms with Crippen molar-refractivity contribution in [2.24, 2.45) is 0 Å². The summed E-state index contributed by atoms with van der Waals surface area (Å²) in [6.07, 6.45) is -0.0352. The van der Waals surface area contributed by atoms with Gasteiger partial charge in [-0.15, -0.1) is 11.3 Å². The summed E-state index contributed by atoms with van der Waals surface area (Å²) >= 11 is 1.47. The van der Waals surface area contributed by atoms with Crippen molar-refractivity contribution in [3.63, 3.8) is 0 Å². The van der Waals surface area contributed by atoms with Crippen LogP contribution in [-0.4, -0.2) is 23.2 Å². The van der Waals surface area contributed by atoms with Crippen molar-refractivity contribution in [2.75, 3.05) is 12.4 Å². The van der Waals surface area contributed by atoms with E-state index < -0.39 is 5.97 Å². The molecule has 0 spiro atoms. The minimum atomic E-state index is -0.861. The lowest BCUT2D eigenvalue weighted by molar-refractivity contribution is -0.136. The Bertz CT molecular complexity index is 593. The van der Waals surface area contributed by atoms with Crippen LogP contribution in [0.25, 0.3) is 0 Å². The summed E-state index contributed by atoms with van der Waals surface area (Å²) in [5.41, 5.74) is 1.73. The number of methoxy groups -OCH3 is 1. The topological polar surface area (TPSA) is 71.5 Å². The number of aromatic nitrogens is 1. The van der Waals surface area contributed by atoms with Crippen LogP contribution < -0.4 is 10.1 Å². The number of rotatable bonds is 6. The van der Waals surface area contributed by atoms with E-state index in [4.69, 9.17) is 9.84 Å². The molecule has 0 fully saturated rings. The number of aryl methyl sites for hydroxylation is 1. The quantitative estimate of drug-likeness (QED) is 0.856. The largest absolute Gasteiger partial charge is 0.497 e. The Morgan fingerprint density at radius 1 is 1.40 bits per heavy atom. The minimum absolute atomic E-state index is 0.0352. The lowest BCUT2D eigenvalue weighted by Gasteiger charge is -2.04. The molecule has 0 saturated carbocycles. The van der Waals surface area contributed by atoms with Gasteiger partial charge in [0.2, 0.25) is 0 Å². The Morgan fingerprint density at radius 3 is 2.70 bits per heavy atom. The minimum Gasteiger partial charge on any atom is -0.497 e. The van der Waals surface area contributed by atoms with Gasteiger partial charge >= 0.3 is 5.97 Å². The van der Waals surface area contributed by atoms with Gasteiger partial charge in [-0.25, -0.2) is 4.98 Å². The van der Waals surface area contributed by atoms with Crippen molar-refractivity contribution in [3.05, 3.63) is 40.4 Å². The molecule has 2 aromatic rings. The molecule has 2 N–H and O–H groups in total. The molecule has 0 bridgehead atoms. The molecular formula is C14H16N2O3S. The second-order valence-electron chi connectivity index (χ2n) is 4.29. The number of nitrogens with zero attached hydrogens (tertiary/aromatic N) is 1. The molecule has 0 amide bonds. The van der Waals surface area contributed by atoms with Crippen LogP contribution in [0.1, 0.15) is 16.1 Å². The van der Waals surface area contributed by atoms with Crippen molar-refractivity contribution in [1.29, 1.82) is 0 Å². The maximum atomic E-state index is 10.7. The maximum absolute atomic E-state index is 10.7. The summed E-state index contributed by atoms with van der Waals surface area (Å²) < 4.78 is 5.10. The summed E-state index contributed by atoms with van der Waals surface area (Å²) in [6.45, 7) is 2.53. The normalized spacial score (nSPS) is 10.3. The van der Waals surface area contributed by atoms with Gasteiger partial charge in [-0.1, -0.05) is 12.1 Å². The van der Waals surface area contributed by atoms with E-state index in [9.17, 15) is 4.79 Å². The predicted molar refractivity (Wildman–Crippen MR) is 78.5 cm³/mol. The molecule has 0 aliphatic carbocycles. The van der Waals surface area contributed by atoms with E-state index in [2.05, 4.69) is 10.3 Å². The number of carboxylic acid groups (broad SMARTS) is 1. The third-order valence-corrected chi connectivity index (χ3v) is 3.78. The highest BCUT2D eigenvalue weighted by molar-refractivity contribution is 7.15. The first-order valence-corrected chi connectivity index (χ1v) is 6.95. The lowest BCUT2D eigenvalue weighted by atomic mass is 10.2. The summed E-state index contributed by atoms with van der Waals surface area (Å²) in [4.78, 5) is 15.9. The number of hydrogen-bond donors (Lipinski definition) is 2. The highest BCUT2D eigenvalue weighted by atomic mass is 32.1. The Morgan fingerprint density at radius 2 is 2.10 bits per heavy atom. The van der Waals surface area contributed by atoms with E-state index in [0.29, 0.717) is 12.2 Å². The predicted octanol–water partition coefficient (Wildman–Crippen LogP) is 2.70. The smallest absolute Gasteiger partial charge is 0.309 e. The molecule has 6 heteroatoms. The van der Waals surface area contributed by atoms with E-state index in [1.165, 1.54) is 11.3 Å². The fourth-order valence-corrected chi connectivity index (χ4v) is 2.56. The molecule has 5 nitrogen and oxygen atoms in total. The van der Waals surface area contributed by atoms with Crippen LogP contribution in [0, 0.1) is 6.92 Å². The Labute approximate surface area is 121 Å². The van der Waals surface area contributed by atoms with Crippen LogP contribution in [0.2, 0.25) is 0 Å². The number of nitrogens with one attached hydrogen (secondary N) is 1. The Kier molecular flexibility index (Phi) is 4.57. The van der Waals surface area contributed by atoms with Gasteiger partial charge in [-0.3, -0.25) is 4.79 Å². The first-order chi connectivity index (χ1) is 9.58. The highest BCUT2D eigenvalue weighted by Crippen LogP contribution is 2.23. The molecular weight excluding hydrogens is 276 g/mol. The molecule has 20 heavy (non-hydrogen) atoms. The number of carbonyl (C=O) groups is 1. The second kappa shape index (κ2) is 6.38. The zero-order chi connectivity index (χ0) is 14.5. The lowest BCUT2D eigenvalue weighted by Crippen LogP contribution is -2.03. The van der Waals surface area contributed by atoms with Crippen LogP contribution >= 0.6 is 11.3 Å². The van der Waals surface area contributed by atoms with Crippen LogP contribution in [0.5, 0.6) is 5.75 Å². The third-order valence-electron chi connectivity index (χ3n) is 2.81. The van der Waals surface area contributed by atoms with Gasteiger partial charge in [0.1, 0.15) is 5.75 Å². The van der Waals surface area contributed by atoms with Gasteiger partial charge in [-0.2, -0.15) is 0 Å². The molecule has 0 saturated heterocycles. The summed E-state index contributed by atoms with van der Waals surface area (Å²) in [5.74, 6) is -0.0392. The Balaban J connectivity index is 1.97. The fourth-order valence-electron chi connectivity index (χ4n) is 1.73. The molecule has 0 aliphatic rings. The van der Waals surface area contributed by atoms with E-state index in [1.54, 1.807) is 7.11 Å². The first-order valence-electron chi connectivity index (χ1n) is 6.13. The number of hydrogen-bond acceptors (Lipinski definition) is 5. The number of ether oxygens (including phenoxy) is 1. The van der Waals surface area contributed by atoms with Crippen LogP contribution in [0.3, 0.4) is 0 Å². The highest BCUT2D eigenvalue weighted by Gasteiger charge is 2.10. The van der Waals surface area contributed by atoms with Crippen molar-refractivity contribution in [1.82, 2.24) is 4.98 Å². The average Bonchev–Trinajstić information content (AvgIpc) is 2.77. The number of aliphatic carboxylic acids is 1. The summed E-state index contributed by atoms with van der Waals surface area (Å²) in [7, 11) is 1.63. The van der Waals surface area contributed by atoms with E-state index >= 15 is 0 Å². The number of benzene rings is 1. The van der Waals surface area contributed by atoms with Gasteiger partial charge in [0, 0.05) is 11.4 Å². The second-order valence-corrected chi connectivity index (χ2v) is 5.50. The van der Waals surface area contributed by atoms with Crippen molar-refractivity contribution >= 4 is 22.4 Å². The van der Waals surface area contributed by atoms with Gasteiger partial charge in [0.05, 0.1) is 19.2 Å². The zero-order valence-corrected chi connectivity index (χ0v) is 12.2. The molecule has 0 aliphatic heterocycles. The monoisotopic (exact) mass is 292 g/mol.